The van der Waals surface area contributed by atoms with E-state index in [-0.39, 0.29) is 11.9 Å². The second-order valence-corrected chi connectivity index (χ2v) is 6.79. The second kappa shape index (κ2) is 5.58. The number of nitrogens with one attached hydrogen (secondary N) is 1. The number of carbonyl (C=O) groups is 1. The lowest BCUT2D eigenvalue weighted by Gasteiger charge is -2.11. The molecule has 1 aromatic carbocycles. The predicted octanol–water partition coefficient (Wildman–Crippen LogP) is 4.60. The van der Waals surface area contributed by atoms with Gasteiger partial charge in [-0.2, -0.15) is 0 Å². The lowest BCUT2D eigenvalue weighted by Crippen LogP contribution is -2.33. The molecule has 1 heterocycles. The summed E-state index contributed by atoms with van der Waals surface area (Å²) in [4.78, 5) is 14.0. The Morgan fingerprint density at radius 3 is 2.60 bits per heavy atom. The van der Waals surface area contributed by atoms with Crippen LogP contribution in [-0.2, 0) is 0 Å². The zero-order valence-electron chi connectivity index (χ0n) is 11.2. The molecular weight excluding hydrogens is 290 g/mol. The lowest BCUT2D eigenvalue weighted by atomic mass is 10.2. The van der Waals surface area contributed by atoms with Crippen LogP contribution >= 0.6 is 22.9 Å². The highest BCUT2D eigenvalue weighted by Crippen LogP contribution is 2.33. The molecule has 1 unspecified atom stereocenters. The minimum Gasteiger partial charge on any atom is -0.349 e. The SMILES string of the molecule is CC(NC(=O)c1ccc(-c2ccc(Cl)cc2)s1)C1CC1. The average molecular weight is 306 g/mol. The molecule has 0 radical (unpaired) electrons. The maximum Gasteiger partial charge on any atom is 0.261 e. The van der Waals surface area contributed by atoms with Crippen molar-refractivity contribution in [1.82, 2.24) is 5.32 Å². The number of thiophene rings is 1. The van der Waals surface area contributed by atoms with Gasteiger partial charge >= 0.3 is 0 Å². The van der Waals surface area contributed by atoms with E-state index in [1.54, 1.807) is 0 Å². The van der Waals surface area contributed by atoms with E-state index in [4.69, 9.17) is 11.6 Å². The van der Waals surface area contributed by atoms with Crippen LogP contribution in [0.15, 0.2) is 36.4 Å². The van der Waals surface area contributed by atoms with Crippen molar-refractivity contribution in [2.24, 2.45) is 5.92 Å². The third-order valence-corrected chi connectivity index (χ3v) is 5.03. The third kappa shape index (κ3) is 3.05. The van der Waals surface area contributed by atoms with Crippen molar-refractivity contribution in [2.45, 2.75) is 25.8 Å². The maximum absolute atomic E-state index is 12.2. The number of benzene rings is 1. The number of hydrogen-bond donors (Lipinski definition) is 1. The van der Waals surface area contributed by atoms with Crippen LogP contribution in [0.3, 0.4) is 0 Å². The normalized spacial score (nSPS) is 15.9. The highest BCUT2D eigenvalue weighted by Gasteiger charge is 2.29. The third-order valence-electron chi connectivity index (χ3n) is 3.65. The number of rotatable bonds is 4. The van der Waals surface area contributed by atoms with Gasteiger partial charge in [-0.1, -0.05) is 23.7 Å². The van der Waals surface area contributed by atoms with Crippen molar-refractivity contribution in [3.8, 4) is 10.4 Å². The van der Waals surface area contributed by atoms with Crippen LogP contribution < -0.4 is 5.32 Å². The van der Waals surface area contributed by atoms with E-state index in [0.717, 1.165) is 20.3 Å². The molecule has 0 bridgehead atoms. The minimum atomic E-state index is 0.0367. The Kier molecular flexibility index (Phi) is 3.81. The van der Waals surface area contributed by atoms with Gasteiger partial charge in [-0.15, -0.1) is 11.3 Å². The first kappa shape index (κ1) is 13.7. The summed E-state index contributed by atoms with van der Waals surface area (Å²) in [7, 11) is 0. The van der Waals surface area contributed by atoms with E-state index in [1.807, 2.05) is 36.4 Å². The molecule has 4 heteroatoms. The second-order valence-electron chi connectivity index (χ2n) is 5.27. The first-order valence-corrected chi connectivity index (χ1v) is 7.99. The Bertz CT molecular complexity index is 616. The van der Waals surface area contributed by atoms with Gasteiger partial charge < -0.3 is 5.32 Å². The first-order valence-electron chi connectivity index (χ1n) is 6.80. The molecule has 1 fully saturated rings. The molecule has 104 valence electrons. The van der Waals surface area contributed by atoms with Crippen molar-refractivity contribution in [3.63, 3.8) is 0 Å². The summed E-state index contributed by atoms with van der Waals surface area (Å²) in [6, 6.07) is 11.8. The standard InChI is InChI=1S/C16H16ClNOS/c1-10(11-2-3-11)18-16(19)15-9-8-14(20-15)12-4-6-13(17)7-5-12/h4-11H,2-3H2,1H3,(H,18,19). The molecular formula is C16H16ClNOS. The molecule has 1 aliphatic carbocycles. The monoisotopic (exact) mass is 305 g/mol. The van der Waals surface area contributed by atoms with E-state index < -0.39 is 0 Å². The van der Waals surface area contributed by atoms with Crippen LogP contribution in [-0.4, -0.2) is 11.9 Å². The molecule has 1 saturated carbocycles. The van der Waals surface area contributed by atoms with Crippen LogP contribution in [0.4, 0.5) is 0 Å². The van der Waals surface area contributed by atoms with Crippen molar-refractivity contribution in [2.75, 3.05) is 0 Å². The van der Waals surface area contributed by atoms with Gasteiger partial charge in [0.25, 0.3) is 5.91 Å². The summed E-state index contributed by atoms with van der Waals surface area (Å²) in [5.41, 5.74) is 1.09. The summed E-state index contributed by atoms with van der Waals surface area (Å²) >= 11 is 7.41. The van der Waals surface area contributed by atoms with Crippen LogP contribution in [0.1, 0.15) is 29.4 Å². The van der Waals surface area contributed by atoms with E-state index >= 15 is 0 Å². The van der Waals surface area contributed by atoms with Gasteiger partial charge in [-0.05, 0) is 55.5 Å². The largest absolute Gasteiger partial charge is 0.349 e. The molecule has 0 saturated heterocycles. The topological polar surface area (TPSA) is 29.1 Å². The van der Waals surface area contributed by atoms with Gasteiger partial charge in [0.1, 0.15) is 0 Å². The van der Waals surface area contributed by atoms with Crippen LogP contribution in [0.25, 0.3) is 10.4 Å². The Labute approximate surface area is 127 Å². The van der Waals surface area contributed by atoms with E-state index in [1.165, 1.54) is 24.2 Å². The van der Waals surface area contributed by atoms with Gasteiger partial charge in [-0.25, -0.2) is 0 Å². The van der Waals surface area contributed by atoms with Crippen molar-refractivity contribution in [3.05, 3.63) is 46.3 Å². The molecule has 0 aliphatic heterocycles. The van der Waals surface area contributed by atoms with Crippen molar-refractivity contribution >= 4 is 28.8 Å². The molecule has 1 N–H and O–H groups in total. The Morgan fingerprint density at radius 1 is 1.25 bits per heavy atom. The quantitative estimate of drug-likeness (QED) is 0.879. The van der Waals surface area contributed by atoms with Gasteiger partial charge in [0.05, 0.1) is 4.88 Å². The molecule has 0 spiro atoms. The van der Waals surface area contributed by atoms with Crippen molar-refractivity contribution in [1.29, 1.82) is 0 Å². The van der Waals surface area contributed by atoms with Gasteiger partial charge in [0.15, 0.2) is 0 Å². The Morgan fingerprint density at radius 2 is 1.95 bits per heavy atom. The molecule has 1 aromatic heterocycles. The summed E-state index contributed by atoms with van der Waals surface area (Å²) in [5.74, 6) is 0.712. The fourth-order valence-electron chi connectivity index (χ4n) is 2.22. The van der Waals surface area contributed by atoms with Crippen LogP contribution in [0, 0.1) is 5.92 Å². The van der Waals surface area contributed by atoms with Crippen LogP contribution in [0.2, 0.25) is 5.02 Å². The molecule has 1 atom stereocenters. The smallest absolute Gasteiger partial charge is 0.261 e. The molecule has 1 aliphatic rings. The molecule has 2 aromatic rings. The number of carbonyl (C=O) groups excluding carboxylic acids is 1. The van der Waals surface area contributed by atoms with Gasteiger partial charge in [0, 0.05) is 15.9 Å². The predicted molar refractivity (Wildman–Crippen MR) is 84.4 cm³/mol. The van der Waals surface area contributed by atoms with E-state index in [2.05, 4.69) is 12.2 Å². The number of amides is 1. The summed E-state index contributed by atoms with van der Waals surface area (Å²) in [6.45, 7) is 2.09. The van der Waals surface area contributed by atoms with Gasteiger partial charge in [-0.3, -0.25) is 4.79 Å². The highest BCUT2D eigenvalue weighted by molar-refractivity contribution is 7.17. The zero-order chi connectivity index (χ0) is 14.1. The average Bonchev–Trinajstić information content (AvgIpc) is 3.17. The zero-order valence-corrected chi connectivity index (χ0v) is 12.8. The van der Waals surface area contributed by atoms with Crippen molar-refractivity contribution < 1.29 is 4.79 Å². The summed E-state index contributed by atoms with van der Waals surface area (Å²) in [5, 5.41) is 3.81. The number of halogens is 1. The summed E-state index contributed by atoms with van der Waals surface area (Å²) < 4.78 is 0. The maximum atomic E-state index is 12.2. The minimum absolute atomic E-state index is 0.0367. The molecule has 3 rings (SSSR count). The van der Waals surface area contributed by atoms with E-state index in [0.29, 0.717) is 5.92 Å². The Balaban J connectivity index is 1.72. The molecule has 20 heavy (non-hydrogen) atoms. The highest BCUT2D eigenvalue weighted by atomic mass is 35.5. The first-order chi connectivity index (χ1) is 9.63. The van der Waals surface area contributed by atoms with Crippen LogP contribution in [0.5, 0.6) is 0 Å². The fourth-order valence-corrected chi connectivity index (χ4v) is 3.26. The van der Waals surface area contributed by atoms with Gasteiger partial charge in [0.2, 0.25) is 0 Å². The molecule has 1 amide bonds. The lowest BCUT2D eigenvalue weighted by molar-refractivity contribution is 0.0940. The Hall–Kier alpha value is -1.32. The summed E-state index contributed by atoms with van der Waals surface area (Å²) in [6.07, 6.45) is 2.48. The molecule has 2 nitrogen and oxygen atoms in total. The van der Waals surface area contributed by atoms with E-state index in [9.17, 15) is 4.79 Å². The fraction of sp³-hybridized carbons (Fsp3) is 0.312. The number of hydrogen-bond acceptors (Lipinski definition) is 2.